The van der Waals surface area contributed by atoms with Gasteiger partial charge in [0, 0.05) is 13.1 Å². The van der Waals surface area contributed by atoms with Gasteiger partial charge in [0.15, 0.2) is 0 Å². The molecule has 1 aliphatic carbocycles. The van der Waals surface area contributed by atoms with Crippen LogP contribution >= 0.6 is 0 Å². The maximum atomic E-state index is 12.8. The third-order valence-corrected chi connectivity index (χ3v) is 4.77. The lowest BCUT2D eigenvalue weighted by Crippen LogP contribution is -2.51. The fraction of sp³-hybridized carbons (Fsp3) is 0.632. The quantitative estimate of drug-likeness (QED) is 0.859. The fourth-order valence-electron chi connectivity index (χ4n) is 3.12. The van der Waals surface area contributed by atoms with Crippen LogP contribution in [-0.2, 0) is 4.74 Å². The van der Waals surface area contributed by atoms with Gasteiger partial charge in [0.05, 0.1) is 24.9 Å². The molecular formula is C19H29N3O3. The van der Waals surface area contributed by atoms with Crippen LogP contribution in [0.15, 0.2) is 18.2 Å². The van der Waals surface area contributed by atoms with Crippen molar-refractivity contribution in [3.8, 4) is 5.75 Å². The van der Waals surface area contributed by atoms with E-state index in [9.17, 15) is 4.79 Å². The predicted octanol–water partition coefficient (Wildman–Crippen LogP) is 2.58. The highest BCUT2D eigenvalue weighted by atomic mass is 16.5. The maximum Gasteiger partial charge on any atom is 0.322 e. The summed E-state index contributed by atoms with van der Waals surface area (Å²) in [5.41, 5.74) is 1.84. The highest BCUT2D eigenvalue weighted by Crippen LogP contribution is 2.37. The molecule has 2 fully saturated rings. The molecule has 3 rings (SSSR count). The van der Waals surface area contributed by atoms with Gasteiger partial charge in [-0.1, -0.05) is 6.07 Å². The summed E-state index contributed by atoms with van der Waals surface area (Å²) in [5, 5.41) is 3.05. The smallest absolute Gasteiger partial charge is 0.322 e. The van der Waals surface area contributed by atoms with E-state index in [-0.39, 0.29) is 12.1 Å². The van der Waals surface area contributed by atoms with Gasteiger partial charge >= 0.3 is 6.03 Å². The molecule has 1 heterocycles. The molecule has 1 saturated carbocycles. The second-order valence-electron chi connectivity index (χ2n) is 7.25. The van der Waals surface area contributed by atoms with Crippen LogP contribution in [0, 0.1) is 12.8 Å². The highest BCUT2D eigenvalue weighted by Gasteiger charge is 2.39. The second-order valence-corrected chi connectivity index (χ2v) is 7.25. The third-order valence-electron chi connectivity index (χ3n) is 4.77. The van der Waals surface area contributed by atoms with Crippen molar-refractivity contribution in [2.45, 2.75) is 25.8 Å². The van der Waals surface area contributed by atoms with Crippen LogP contribution in [0.5, 0.6) is 5.75 Å². The lowest BCUT2D eigenvalue weighted by molar-refractivity contribution is 0.00771. The standard InChI is InChI=1S/C19H29N3O3/c1-14-4-7-16(18(12-14)25-11-8-21(2)3)20-19(23)22-9-10-24-13-17(22)15-5-6-15/h4,7,12,15,17H,5-6,8-11,13H2,1-3H3,(H,20,23). The number of nitrogens with zero attached hydrogens (tertiary/aromatic N) is 2. The van der Waals surface area contributed by atoms with Gasteiger partial charge in [-0.25, -0.2) is 4.79 Å². The Hall–Kier alpha value is -1.79. The monoisotopic (exact) mass is 347 g/mol. The van der Waals surface area contributed by atoms with Crippen LogP contribution in [0.25, 0.3) is 0 Å². The summed E-state index contributed by atoms with van der Waals surface area (Å²) in [6.45, 7) is 5.34. The van der Waals surface area contributed by atoms with E-state index in [0.29, 0.717) is 32.3 Å². The summed E-state index contributed by atoms with van der Waals surface area (Å²) >= 11 is 0. The largest absolute Gasteiger partial charge is 0.490 e. The molecule has 0 aromatic heterocycles. The first-order chi connectivity index (χ1) is 12.0. The van der Waals surface area contributed by atoms with Crippen molar-refractivity contribution < 1.29 is 14.3 Å². The number of ether oxygens (including phenoxy) is 2. The summed E-state index contributed by atoms with van der Waals surface area (Å²) in [6, 6.07) is 6.04. The maximum absolute atomic E-state index is 12.8. The highest BCUT2D eigenvalue weighted by molar-refractivity contribution is 5.91. The van der Waals surface area contributed by atoms with Crippen LogP contribution in [0.2, 0.25) is 0 Å². The molecular weight excluding hydrogens is 318 g/mol. The molecule has 1 N–H and O–H groups in total. The minimum atomic E-state index is -0.0542. The van der Waals surface area contributed by atoms with Gasteiger partial charge in [0.2, 0.25) is 0 Å². The molecule has 1 unspecified atom stereocenters. The van der Waals surface area contributed by atoms with Crippen LogP contribution in [0.4, 0.5) is 10.5 Å². The van der Waals surface area contributed by atoms with Gasteiger partial charge in [-0.15, -0.1) is 0 Å². The topological polar surface area (TPSA) is 54.0 Å². The first-order valence-electron chi connectivity index (χ1n) is 9.08. The Bertz CT molecular complexity index is 602. The number of carbonyl (C=O) groups excluding carboxylic acids is 1. The summed E-state index contributed by atoms with van der Waals surface area (Å²) < 4.78 is 11.5. The average Bonchev–Trinajstić information content (AvgIpc) is 3.42. The van der Waals surface area contributed by atoms with Crippen molar-refractivity contribution in [2.75, 3.05) is 52.3 Å². The zero-order valence-electron chi connectivity index (χ0n) is 15.5. The lowest BCUT2D eigenvalue weighted by Gasteiger charge is -2.35. The van der Waals surface area contributed by atoms with Crippen LogP contribution < -0.4 is 10.1 Å². The Kier molecular flexibility index (Phi) is 5.81. The first kappa shape index (κ1) is 18.0. The van der Waals surface area contributed by atoms with Gasteiger partial charge < -0.3 is 24.6 Å². The number of hydrogen-bond acceptors (Lipinski definition) is 4. The van der Waals surface area contributed by atoms with E-state index < -0.39 is 0 Å². The first-order valence-corrected chi connectivity index (χ1v) is 9.08. The molecule has 138 valence electrons. The minimum absolute atomic E-state index is 0.0542. The number of morpholine rings is 1. The number of aryl methyl sites for hydroxylation is 1. The van der Waals surface area contributed by atoms with Gasteiger partial charge in [0.25, 0.3) is 0 Å². The van der Waals surface area contributed by atoms with Gasteiger partial charge in [0.1, 0.15) is 12.4 Å². The Morgan fingerprint density at radius 1 is 1.40 bits per heavy atom. The molecule has 0 spiro atoms. The zero-order valence-corrected chi connectivity index (χ0v) is 15.5. The SMILES string of the molecule is Cc1ccc(NC(=O)N2CCOCC2C2CC2)c(OCCN(C)C)c1. The molecule has 0 bridgehead atoms. The molecule has 1 aromatic carbocycles. The van der Waals surface area contributed by atoms with E-state index in [1.807, 2.05) is 44.1 Å². The fourth-order valence-corrected chi connectivity index (χ4v) is 3.12. The Balaban J connectivity index is 1.67. The number of anilines is 1. The van der Waals surface area contributed by atoms with E-state index >= 15 is 0 Å². The van der Waals surface area contributed by atoms with Crippen molar-refractivity contribution in [2.24, 2.45) is 5.92 Å². The number of carbonyl (C=O) groups is 1. The van der Waals surface area contributed by atoms with Crippen LogP contribution in [0.1, 0.15) is 18.4 Å². The molecule has 1 aliphatic heterocycles. The predicted molar refractivity (Wildman–Crippen MR) is 98.3 cm³/mol. The van der Waals surface area contributed by atoms with Crippen LogP contribution in [-0.4, -0.2) is 68.9 Å². The molecule has 6 nitrogen and oxygen atoms in total. The van der Waals surface area contributed by atoms with E-state index in [2.05, 4.69) is 10.2 Å². The Morgan fingerprint density at radius 3 is 2.92 bits per heavy atom. The molecule has 0 radical (unpaired) electrons. The third kappa shape index (κ3) is 4.86. The van der Waals surface area contributed by atoms with E-state index in [0.717, 1.165) is 23.5 Å². The van der Waals surface area contributed by atoms with Gasteiger partial charge in [-0.05, 0) is 57.5 Å². The number of hydrogen-bond donors (Lipinski definition) is 1. The van der Waals surface area contributed by atoms with Crippen molar-refractivity contribution in [1.29, 1.82) is 0 Å². The zero-order chi connectivity index (χ0) is 17.8. The second kappa shape index (κ2) is 8.06. The number of rotatable bonds is 6. The molecule has 1 aromatic rings. The molecule has 2 aliphatic rings. The van der Waals surface area contributed by atoms with Crippen molar-refractivity contribution >= 4 is 11.7 Å². The van der Waals surface area contributed by atoms with E-state index in [1.165, 1.54) is 12.8 Å². The summed E-state index contributed by atoms with van der Waals surface area (Å²) in [5.74, 6) is 1.33. The Morgan fingerprint density at radius 2 is 2.20 bits per heavy atom. The van der Waals surface area contributed by atoms with Crippen molar-refractivity contribution in [3.63, 3.8) is 0 Å². The number of urea groups is 1. The molecule has 6 heteroatoms. The minimum Gasteiger partial charge on any atom is -0.490 e. The number of amides is 2. The number of benzene rings is 1. The van der Waals surface area contributed by atoms with Crippen molar-refractivity contribution in [3.05, 3.63) is 23.8 Å². The molecule has 25 heavy (non-hydrogen) atoms. The van der Waals surface area contributed by atoms with E-state index in [4.69, 9.17) is 9.47 Å². The van der Waals surface area contributed by atoms with Crippen molar-refractivity contribution in [1.82, 2.24) is 9.80 Å². The van der Waals surface area contributed by atoms with Crippen LogP contribution in [0.3, 0.4) is 0 Å². The lowest BCUT2D eigenvalue weighted by atomic mass is 10.1. The number of nitrogens with one attached hydrogen (secondary N) is 1. The normalized spacial score (nSPS) is 20.6. The molecule has 1 saturated heterocycles. The Labute approximate surface area is 150 Å². The molecule has 2 amide bonds. The summed E-state index contributed by atoms with van der Waals surface area (Å²) in [4.78, 5) is 16.8. The van der Waals surface area contributed by atoms with E-state index in [1.54, 1.807) is 0 Å². The average molecular weight is 347 g/mol. The summed E-state index contributed by atoms with van der Waals surface area (Å²) in [7, 11) is 4.03. The van der Waals surface area contributed by atoms with Gasteiger partial charge in [-0.2, -0.15) is 0 Å². The van der Waals surface area contributed by atoms with Gasteiger partial charge in [-0.3, -0.25) is 0 Å². The summed E-state index contributed by atoms with van der Waals surface area (Å²) in [6.07, 6.45) is 2.39. The molecule has 1 atom stereocenters. The number of likely N-dealkylation sites (N-methyl/N-ethyl adjacent to an activating group) is 1.